The van der Waals surface area contributed by atoms with Crippen LogP contribution in [0.15, 0.2) is 97.1 Å². The Hall–Kier alpha value is -4.07. The highest BCUT2D eigenvalue weighted by Gasteiger charge is 2.29. The van der Waals surface area contributed by atoms with Gasteiger partial charge in [-0.2, -0.15) is 0 Å². The van der Waals surface area contributed by atoms with E-state index in [1.807, 2.05) is 60.7 Å². The minimum Gasteiger partial charge on any atom is -0.491 e. The van der Waals surface area contributed by atoms with Gasteiger partial charge in [-0.05, 0) is 41.3 Å². The summed E-state index contributed by atoms with van der Waals surface area (Å²) < 4.78 is 17.7. The van der Waals surface area contributed by atoms with Crippen molar-refractivity contribution in [1.82, 2.24) is 0 Å². The summed E-state index contributed by atoms with van der Waals surface area (Å²) in [7, 11) is 0. The highest BCUT2D eigenvalue weighted by Crippen LogP contribution is 2.31. The van der Waals surface area contributed by atoms with Crippen molar-refractivity contribution in [2.24, 2.45) is 0 Å². The maximum Gasteiger partial charge on any atom is 0.412 e. The largest absolute Gasteiger partial charge is 0.491 e. The monoisotopic (exact) mass is 487 g/mol. The van der Waals surface area contributed by atoms with Crippen molar-refractivity contribution < 1.29 is 29.2 Å². The third-order valence-corrected chi connectivity index (χ3v) is 5.59. The summed E-state index contributed by atoms with van der Waals surface area (Å²) in [5, 5.41) is 23.6. The summed E-state index contributed by atoms with van der Waals surface area (Å²) in [5.41, 5.74) is 1.26. The number of hydrogen-bond acceptors (Lipinski definition) is 6. The molecule has 0 saturated heterocycles. The van der Waals surface area contributed by atoms with Gasteiger partial charge in [0.15, 0.2) is 6.10 Å². The van der Waals surface area contributed by atoms with Crippen LogP contribution in [0.25, 0.3) is 10.8 Å². The molecule has 0 spiro atoms. The molecule has 4 aromatic rings. The van der Waals surface area contributed by atoms with E-state index in [9.17, 15) is 9.90 Å². The number of fused-ring (bicyclic) bond motifs is 1. The quantitative estimate of drug-likeness (QED) is 0.265. The van der Waals surface area contributed by atoms with Crippen LogP contribution in [-0.4, -0.2) is 42.2 Å². The van der Waals surface area contributed by atoms with Crippen LogP contribution < -0.4 is 14.8 Å². The summed E-state index contributed by atoms with van der Waals surface area (Å²) in [6.07, 6.45) is -1.96. The topological polar surface area (TPSA) is 97.3 Å². The van der Waals surface area contributed by atoms with Gasteiger partial charge in [0.2, 0.25) is 0 Å². The zero-order chi connectivity index (χ0) is 25.2. The molecule has 3 N–H and O–H groups in total. The Morgan fingerprint density at radius 2 is 1.53 bits per heavy atom. The predicted molar refractivity (Wildman–Crippen MR) is 138 cm³/mol. The number of hydrogen-bond donors (Lipinski definition) is 3. The first kappa shape index (κ1) is 25.0. The molecule has 0 saturated carbocycles. The molecule has 0 unspecified atom stereocenters. The van der Waals surface area contributed by atoms with Crippen LogP contribution in [-0.2, 0) is 4.74 Å². The van der Waals surface area contributed by atoms with Crippen molar-refractivity contribution in [2.75, 3.05) is 25.1 Å². The minimum atomic E-state index is -0.856. The highest BCUT2D eigenvalue weighted by molar-refractivity contribution is 6.00. The van der Waals surface area contributed by atoms with E-state index in [2.05, 4.69) is 5.32 Å². The third kappa shape index (κ3) is 6.53. The normalized spacial score (nSPS) is 12.5. The number of carbonyl (C=O) groups excluding carboxylic acids is 1. The number of rotatable bonds is 11. The van der Waals surface area contributed by atoms with Crippen molar-refractivity contribution in [2.45, 2.75) is 18.6 Å². The zero-order valence-corrected chi connectivity index (χ0v) is 19.7. The van der Waals surface area contributed by atoms with Crippen molar-refractivity contribution >= 4 is 22.6 Å². The van der Waals surface area contributed by atoms with Gasteiger partial charge in [0, 0.05) is 18.4 Å². The van der Waals surface area contributed by atoms with Gasteiger partial charge >= 0.3 is 6.09 Å². The van der Waals surface area contributed by atoms with Crippen LogP contribution in [0.3, 0.4) is 0 Å². The lowest BCUT2D eigenvalue weighted by Crippen LogP contribution is -2.31. The molecular formula is C29H29NO6. The summed E-state index contributed by atoms with van der Waals surface area (Å²) in [4.78, 5) is 13.1. The Morgan fingerprint density at radius 3 is 2.33 bits per heavy atom. The van der Waals surface area contributed by atoms with Crippen LogP contribution in [0.1, 0.15) is 18.1 Å². The van der Waals surface area contributed by atoms with Crippen LogP contribution in [0.5, 0.6) is 11.5 Å². The molecule has 0 aliphatic carbocycles. The van der Waals surface area contributed by atoms with Gasteiger partial charge in [-0.1, -0.05) is 66.7 Å². The number of anilines is 1. The van der Waals surface area contributed by atoms with E-state index in [-0.39, 0.29) is 26.2 Å². The molecule has 0 fully saturated rings. The fraction of sp³-hybridized carbons (Fsp3) is 0.207. The van der Waals surface area contributed by atoms with E-state index in [4.69, 9.17) is 19.3 Å². The number of para-hydroxylation sites is 1. The molecule has 1 amide bonds. The minimum absolute atomic E-state index is 0.123. The van der Waals surface area contributed by atoms with E-state index in [0.717, 1.165) is 10.8 Å². The first-order valence-electron chi connectivity index (χ1n) is 11.8. The van der Waals surface area contributed by atoms with Gasteiger partial charge in [0.25, 0.3) is 0 Å². The van der Waals surface area contributed by atoms with E-state index >= 15 is 0 Å². The van der Waals surface area contributed by atoms with E-state index < -0.39 is 18.3 Å². The number of carbonyl (C=O) groups is 1. The van der Waals surface area contributed by atoms with Gasteiger partial charge in [-0.25, -0.2) is 4.79 Å². The number of benzene rings is 4. The summed E-state index contributed by atoms with van der Waals surface area (Å²) >= 11 is 0. The molecule has 0 aromatic heterocycles. The second kappa shape index (κ2) is 12.6. The number of ether oxygens (including phenoxy) is 3. The molecule has 2 atom stereocenters. The number of nitrogens with one attached hydrogen (secondary N) is 1. The molecule has 0 aliphatic heterocycles. The standard InChI is InChI=1S/C29H29NO6/c31-17-16-27(35-23-11-2-1-3-12-23)28(22-10-6-13-24(20-22)34-19-18-32)36-29(33)30-26-15-7-9-21-8-4-5-14-25(21)26/h1-15,20,27-28,31-32H,16-19H2,(H,30,33)/t27-,28-/m1/s1. The Bertz CT molecular complexity index is 1260. The first-order valence-corrected chi connectivity index (χ1v) is 11.8. The molecule has 7 heteroatoms. The van der Waals surface area contributed by atoms with Crippen molar-refractivity contribution in [3.63, 3.8) is 0 Å². The van der Waals surface area contributed by atoms with Gasteiger partial charge in [-0.3, -0.25) is 5.32 Å². The van der Waals surface area contributed by atoms with E-state index in [1.54, 1.807) is 36.4 Å². The fourth-order valence-corrected chi connectivity index (χ4v) is 3.97. The summed E-state index contributed by atoms with van der Waals surface area (Å²) in [5.74, 6) is 1.11. The molecule has 0 aliphatic rings. The summed E-state index contributed by atoms with van der Waals surface area (Å²) in [6.45, 7) is -0.151. The molecule has 7 nitrogen and oxygen atoms in total. The molecule has 4 aromatic carbocycles. The van der Waals surface area contributed by atoms with Crippen molar-refractivity contribution in [1.29, 1.82) is 0 Å². The van der Waals surface area contributed by atoms with Crippen molar-refractivity contribution in [3.05, 3.63) is 103 Å². The second-order valence-corrected chi connectivity index (χ2v) is 8.10. The van der Waals surface area contributed by atoms with Crippen molar-refractivity contribution in [3.8, 4) is 11.5 Å². The molecule has 4 rings (SSSR count). The van der Waals surface area contributed by atoms with Gasteiger partial charge < -0.3 is 24.4 Å². The molecule has 0 radical (unpaired) electrons. The number of amides is 1. The predicted octanol–water partition coefficient (Wildman–Crippen LogP) is 5.33. The average Bonchev–Trinajstić information content (AvgIpc) is 2.91. The van der Waals surface area contributed by atoms with Crippen LogP contribution in [0.2, 0.25) is 0 Å². The molecule has 36 heavy (non-hydrogen) atoms. The fourth-order valence-electron chi connectivity index (χ4n) is 3.97. The first-order chi connectivity index (χ1) is 17.7. The molecular weight excluding hydrogens is 458 g/mol. The van der Waals surface area contributed by atoms with Crippen LogP contribution >= 0.6 is 0 Å². The maximum absolute atomic E-state index is 13.1. The molecule has 0 heterocycles. The Kier molecular flexibility index (Phi) is 8.75. The molecule has 186 valence electrons. The van der Waals surface area contributed by atoms with Gasteiger partial charge in [0.05, 0.1) is 12.3 Å². The van der Waals surface area contributed by atoms with E-state index in [1.165, 1.54) is 0 Å². The van der Waals surface area contributed by atoms with Crippen LogP contribution in [0, 0.1) is 0 Å². The number of aliphatic hydroxyl groups excluding tert-OH is 2. The van der Waals surface area contributed by atoms with Gasteiger partial charge in [-0.15, -0.1) is 0 Å². The Balaban J connectivity index is 1.63. The van der Waals surface area contributed by atoms with E-state index in [0.29, 0.717) is 22.7 Å². The zero-order valence-electron chi connectivity index (χ0n) is 19.7. The lowest BCUT2D eigenvalue weighted by Gasteiger charge is -2.28. The lowest BCUT2D eigenvalue weighted by molar-refractivity contribution is 0.00898. The SMILES string of the molecule is O=C(Nc1cccc2ccccc12)O[C@H](c1cccc(OCCO)c1)[C@@H](CCO)Oc1ccccc1. The Labute approximate surface area is 209 Å². The van der Waals surface area contributed by atoms with Gasteiger partial charge in [0.1, 0.15) is 24.2 Å². The smallest absolute Gasteiger partial charge is 0.412 e. The Morgan fingerprint density at radius 1 is 0.806 bits per heavy atom. The molecule has 0 bridgehead atoms. The average molecular weight is 488 g/mol. The van der Waals surface area contributed by atoms with Crippen LogP contribution in [0.4, 0.5) is 10.5 Å². The number of aliphatic hydroxyl groups is 2. The maximum atomic E-state index is 13.1. The summed E-state index contributed by atoms with van der Waals surface area (Å²) in [6, 6.07) is 29.6. The second-order valence-electron chi connectivity index (χ2n) is 8.10. The highest BCUT2D eigenvalue weighted by atomic mass is 16.6. The lowest BCUT2D eigenvalue weighted by atomic mass is 10.0. The third-order valence-electron chi connectivity index (χ3n) is 5.59.